The van der Waals surface area contributed by atoms with E-state index in [0.29, 0.717) is 11.3 Å². The zero-order chi connectivity index (χ0) is 19.4. The minimum Gasteiger partial charge on any atom is -0.394 e. The standard InChI is InChI=1S/C17H17N5O5/c18-21-20-12-3-1-2-10(6-12)4-5-11-8-22(17(26)19-16(11)25)15-7-13(24)14(9-23)27-15/h1-6,8,13-15,23-24H,7,9H2,(H,19,25,26)/b5-4+/t13-,14+,15+/m0/s1. The highest BCUT2D eigenvalue weighted by atomic mass is 16.5. The first-order valence-electron chi connectivity index (χ1n) is 8.15. The molecule has 0 amide bonds. The average Bonchev–Trinajstić information content (AvgIpc) is 3.02. The fraction of sp³-hybridized carbons (Fsp3) is 0.294. The first-order valence-corrected chi connectivity index (χ1v) is 8.15. The van der Waals surface area contributed by atoms with Crippen molar-refractivity contribution in [2.45, 2.75) is 24.9 Å². The number of nitrogens with one attached hydrogen (secondary N) is 1. The van der Waals surface area contributed by atoms with Crippen LogP contribution >= 0.6 is 0 Å². The van der Waals surface area contributed by atoms with Gasteiger partial charge in [-0.05, 0) is 23.2 Å². The van der Waals surface area contributed by atoms with Crippen molar-refractivity contribution in [1.82, 2.24) is 9.55 Å². The Morgan fingerprint density at radius 1 is 1.41 bits per heavy atom. The highest BCUT2D eigenvalue weighted by Crippen LogP contribution is 2.27. The molecule has 3 N–H and O–H groups in total. The summed E-state index contributed by atoms with van der Waals surface area (Å²) < 4.78 is 6.64. The number of rotatable bonds is 5. The second-order valence-electron chi connectivity index (χ2n) is 5.98. The Morgan fingerprint density at radius 2 is 2.22 bits per heavy atom. The van der Waals surface area contributed by atoms with Gasteiger partial charge in [0, 0.05) is 23.2 Å². The maximum atomic E-state index is 12.1. The normalized spacial score (nSPS) is 22.1. The number of ether oxygens (including phenoxy) is 1. The lowest BCUT2D eigenvalue weighted by Crippen LogP contribution is -2.33. The largest absolute Gasteiger partial charge is 0.394 e. The van der Waals surface area contributed by atoms with E-state index in [-0.39, 0.29) is 18.6 Å². The first-order chi connectivity index (χ1) is 13.0. The van der Waals surface area contributed by atoms with Crippen molar-refractivity contribution in [2.75, 3.05) is 6.61 Å². The molecule has 10 heteroatoms. The van der Waals surface area contributed by atoms with Gasteiger partial charge in [0.15, 0.2) is 0 Å². The van der Waals surface area contributed by atoms with Crippen LogP contribution in [0, 0.1) is 0 Å². The molecule has 0 spiro atoms. The zero-order valence-electron chi connectivity index (χ0n) is 14.1. The summed E-state index contributed by atoms with van der Waals surface area (Å²) in [4.78, 5) is 29.1. The Kier molecular flexibility index (Phi) is 5.53. The van der Waals surface area contributed by atoms with Gasteiger partial charge in [-0.1, -0.05) is 29.4 Å². The molecule has 1 aliphatic heterocycles. The number of aliphatic hydroxyl groups is 2. The van der Waals surface area contributed by atoms with E-state index >= 15 is 0 Å². The third-order valence-electron chi connectivity index (χ3n) is 4.18. The Morgan fingerprint density at radius 3 is 2.93 bits per heavy atom. The predicted molar refractivity (Wildman–Crippen MR) is 97.1 cm³/mol. The summed E-state index contributed by atoms with van der Waals surface area (Å²) in [5.41, 5.74) is 8.58. The van der Waals surface area contributed by atoms with Crippen LogP contribution in [0.4, 0.5) is 5.69 Å². The molecule has 0 aliphatic carbocycles. The van der Waals surface area contributed by atoms with Gasteiger partial charge < -0.3 is 14.9 Å². The number of hydrogen-bond acceptors (Lipinski definition) is 6. The maximum Gasteiger partial charge on any atom is 0.330 e. The number of aromatic nitrogens is 2. The van der Waals surface area contributed by atoms with Crippen molar-refractivity contribution in [1.29, 1.82) is 0 Å². The van der Waals surface area contributed by atoms with Crippen LogP contribution in [0.1, 0.15) is 23.8 Å². The second-order valence-corrected chi connectivity index (χ2v) is 5.98. The van der Waals surface area contributed by atoms with E-state index in [4.69, 9.17) is 15.4 Å². The fourth-order valence-electron chi connectivity index (χ4n) is 2.81. The molecular weight excluding hydrogens is 354 g/mol. The van der Waals surface area contributed by atoms with Gasteiger partial charge in [0.2, 0.25) is 0 Å². The highest BCUT2D eigenvalue weighted by Gasteiger charge is 2.35. The SMILES string of the molecule is [N-]=[N+]=Nc1cccc(/C=C/c2cn([C@H]3C[C@H](O)[C@@H](CO)O3)c(=O)[nH]c2=O)c1. The summed E-state index contributed by atoms with van der Waals surface area (Å²) in [5.74, 6) is 0. The average molecular weight is 371 g/mol. The molecule has 1 aromatic carbocycles. The van der Waals surface area contributed by atoms with Gasteiger partial charge in [0.25, 0.3) is 5.56 Å². The van der Waals surface area contributed by atoms with Gasteiger partial charge in [0.1, 0.15) is 12.3 Å². The quantitative estimate of drug-likeness (QED) is 0.410. The number of aromatic amines is 1. The van der Waals surface area contributed by atoms with Crippen molar-refractivity contribution in [3.8, 4) is 0 Å². The molecule has 0 radical (unpaired) electrons. The molecule has 2 heterocycles. The van der Waals surface area contributed by atoms with Crippen molar-refractivity contribution >= 4 is 17.8 Å². The minimum atomic E-state index is -0.902. The summed E-state index contributed by atoms with van der Waals surface area (Å²) in [5, 5.41) is 22.5. The summed E-state index contributed by atoms with van der Waals surface area (Å²) in [6.07, 6.45) is 2.13. The highest BCUT2D eigenvalue weighted by molar-refractivity contribution is 5.70. The zero-order valence-corrected chi connectivity index (χ0v) is 14.1. The summed E-state index contributed by atoms with van der Waals surface area (Å²) >= 11 is 0. The molecule has 27 heavy (non-hydrogen) atoms. The summed E-state index contributed by atoms with van der Waals surface area (Å²) in [6.45, 7) is -0.371. The lowest BCUT2D eigenvalue weighted by Gasteiger charge is -2.14. The number of aliphatic hydroxyl groups excluding tert-OH is 2. The molecule has 10 nitrogen and oxygen atoms in total. The Labute approximate surface area is 152 Å². The topological polar surface area (TPSA) is 153 Å². The Bertz CT molecular complexity index is 1020. The van der Waals surface area contributed by atoms with Gasteiger partial charge >= 0.3 is 5.69 Å². The van der Waals surface area contributed by atoms with Gasteiger partial charge in [-0.15, -0.1) is 0 Å². The van der Waals surface area contributed by atoms with Crippen LogP contribution in [0.3, 0.4) is 0 Å². The van der Waals surface area contributed by atoms with Crippen molar-refractivity contribution in [3.63, 3.8) is 0 Å². The predicted octanol–water partition coefficient (Wildman–Crippen LogP) is 1.29. The minimum absolute atomic E-state index is 0.120. The van der Waals surface area contributed by atoms with E-state index in [1.165, 1.54) is 16.8 Å². The van der Waals surface area contributed by atoms with E-state index in [2.05, 4.69) is 15.0 Å². The molecule has 0 saturated carbocycles. The van der Waals surface area contributed by atoms with Gasteiger partial charge in [0.05, 0.1) is 18.3 Å². The molecular formula is C17H17N5O5. The molecule has 1 saturated heterocycles. The maximum absolute atomic E-state index is 12.1. The Balaban J connectivity index is 1.91. The van der Waals surface area contributed by atoms with Crippen LogP contribution in [-0.4, -0.2) is 38.6 Å². The molecule has 3 rings (SSSR count). The molecule has 0 bridgehead atoms. The number of azide groups is 1. The number of H-pyrrole nitrogens is 1. The van der Waals surface area contributed by atoms with Crippen LogP contribution in [0.5, 0.6) is 0 Å². The van der Waals surface area contributed by atoms with Crippen molar-refractivity contribution in [2.24, 2.45) is 5.11 Å². The van der Waals surface area contributed by atoms with Crippen LogP contribution in [0.2, 0.25) is 0 Å². The molecule has 1 fully saturated rings. The molecule has 3 atom stereocenters. The third kappa shape index (κ3) is 4.15. The summed E-state index contributed by atoms with van der Waals surface area (Å²) in [6, 6.07) is 6.75. The van der Waals surface area contributed by atoms with Crippen LogP contribution in [-0.2, 0) is 4.74 Å². The van der Waals surface area contributed by atoms with E-state index in [1.54, 1.807) is 30.3 Å². The summed E-state index contributed by atoms with van der Waals surface area (Å²) in [7, 11) is 0. The van der Waals surface area contributed by atoms with Gasteiger partial charge in [-0.3, -0.25) is 14.3 Å². The fourth-order valence-corrected chi connectivity index (χ4v) is 2.81. The van der Waals surface area contributed by atoms with Crippen molar-refractivity contribution < 1.29 is 14.9 Å². The molecule has 140 valence electrons. The number of benzene rings is 1. The van der Waals surface area contributed by atoms with E-state index in [1.807, 2.05) is 0 Å². The first kappa shape index (κ1) is 18.6. The van der Waals surface area contributed by atoms with Crippen molar-refractivity contribution in [3.05, 3.63) is 72.9 Å². The second kappa shape index (κ2) is 8.02. The van der Waals surface area contributed by atoms with Crippen LogP contribution < -0.4 is 11.2 Å². The van der Waals surface area contributed by atoms with Gasteiger partial charge in [-0.2, -0.15) is 0 Å². The Hall–Kier alpha value is -3.17. The van der Waals surface area contributed by atoms with Crippen LogP contribution in [0.15, 0.2) is 45.2 Å². The number of nitrogens with zero attached hydrogens (tertiary/aromatic N) is 4. The lowest BCUT2D eigenvalue weighted by atomic mass is 10.1. The monoisotopic (exact) mass is 371 g/mol. The molecule has 0 unspecified atom stereocenters. The lowest BCUT2D eigenvalue weighted by molar-refractivity contribution is -0.0459. The molecule has 1 aliphatic rings. The van der Waals surface area contributed by atoms with E-state index < -0.39 is 29.7 Å². The van der Waals surface area contributed by atoms with E-state index in [9.17, 15) is 14.7 Å². The molecule has 2 aromatic rings. The number of hydrogen-bond donors (Lipinski definition) is 3. The smallest absolute Gasteiger partial charge is 0.330 e. The van der Waals surface area contributed by atoms with Crippen LogP contribution in [0.25, 0.3) is 22.6 Å². The third-order valence-corrected chi connectivity index (χ3v) is 4.18. The van der Waals surface area contributed by atoms with Gasteiger partial charge in [-0.25, -0.2) is 4.79 Å². The molecule has 1 aromatic heterocycles. The van der Waals surface area contributed by atoms with E-state index in [0.717, 1.165) is 0 Å².